The van der Waals surface area contributed by atoms with Gasteiger partial charge in [0.25, 0.3) is 0 Å². The largest absolute Gasteiger partial charge is 0.388 e. The number of benzene rings is 2. The van der Waals surface area contributed by atoms with Crippen LogP contribution in [0, 0.1) is 6.92 Å². The number of nitrogens with one attached hydrogen (secondary N) is 1. The molecule has 0 aromatic heterocycles. The minimum absolute atomic E-state index is 0.102. The van der Waals surface area contributed by atoms with Crippen LogP contribution in [0.4, 0.5) is 5.69 Å². The highest BCUT2D eigenvalue weighted by atomic mass is 32.2. The van der Waals surface area contributed by atoms with Crippen LogP contribution in [0.25, 0.3) is 0 Å². The number of aliphatic hydroxyl groups is 2. The highest BCUT2D eigenvalue weighted by Crippen LogP contribution is 2.30. The number of nitrogens with zero attached hydrogens (tertiary/aromatic N) is 1. The average molecular weight is 447 g/mol. The van der Waals surface area contributed by atoms with Crippen LogP contribution in [0.1, 0.15) is 17.5 Å². The molecule has 2 aromatic carbocycles. The van der Waals surface area contributed by atoms with Gasteiger partial charge in [0.05, 0.1) is 17.4 Å². The predicted octanol–water partition coefficient (Wildman–Crippen LogP) is 0.742. The van der Waals surface area contributed by atoms with Crippen LogP contribution in [-0.2, 0) is 26.0 Å². The number of aryl methyl sites for hydroxylation is 1. The first-order valence-corrected chi connectivity index (χ1v) is 11.7. The molecule has 0 bridgehead atoms. The van der Waals surface area contributed by atoms with Crippen LogP contribution >= 0.6 is 0 Å². The molecule has 31 heavy (non-hydrogen) atoms. The Kier molecular flexibility index (Phi) is 6.14. The molecule has 0 spiro atoms. The minimum Gasteiger partial charge on any atom is -0.388 e. The van der Waals surface area contributed by atoms with Crippen molar-refractivity contribution >= 4 is 21.6 Å². The first kappa shape index (κ1) is 21.9. The maximum atomic E-state index is 12.8. The van der Waals surface area contributed by atoms with E-state index in [2.05, 4.69) is 4.72 Å². The summed E-state index contributed by atoms with van der Waals surface area (Å²) in [6.45, 7) is 2.20. The fraction of sp³-hybridized carbons (Fsp3) is 0.409. The number of sulfonamides is 1. The van der Waals surface area contributed by atoms with Crippen molar-refractivity contribution in [2.24, 2.45) is 0 Å². The SMILES string of the molecule is Cc1ccc(S(=O)(=O)NC[C@@H]2O[C@@H](CC(=O)N3CCc4ccccc43)[C@H](O)[C@@H]2O)cc1. The maximum absolute atomic E-state index is 12.8. The number of rotatable bonds is 6. The molecule has 4 atom stereocenters. The number of carbonyl (C=O) groups excluding carboxylic acids is 1. The Bertz CT molecular complexity index is 1060. The summed E-state index contributed by atoms with van der Waals surface area (Å²) in [5.74, 6) is -0.206. The molecule has 3 N–H and O–H groups in total. The molecule has 1 fully saturated rings. The average Bonchev–Trinajstić information content (AvgIpc) is 3.29. The molecule has 8 nitrogen and oxygen atoms in total. The summed E-state index contributed by atoms with van der Waals surface area (Å²) >= 11 is 0. The molecular formula is C22H26N2O6S. The number of para-hydroxylation sites is 1. The van der Waals surface area contributed by atoms with E-state index >= 15 is 0 Å². The predicted molar refractivity (Wildman–Crippen MR) is 114 cm³/mol. The Morgan fingerprint density at radius 2 is 1.77 bits per heavy atom. The molecule has 2 heterocycles. The zero-order valence-corrected chi connectivity index (χ0v) is 18.0. The number of fused-ring (bicyclic) bond motifs is 1. The molecule has 166 valence electrons. The van der Waals surface area contributed by atoms with Gasteiger partial charge in [0, 0.05) is 18.8 Å². The quantitative estimate of drug-likeness (QED) is 0.603. The van der Waals surface area contributed by atoms with E-state index in [0.717, 1.165) is 23.2 Å². The Morgan fingerprint density at radius 1 is 1.10 bits per heavy atom. The number of aliphatic hydroxyl groups excluding tert-OH is 2. The molecule has 1 amide bonds. The lowest BCUT2D eigenvalue weighted by Gasteiger charge is -2.21. The second-order valence-electron chi connectivity index (χ2n) is 7.99. The van der Waals surface area contributed by atoms with Crippen LogP contribution in [0.2, 0.25) is 0 Å². The van der Waals surface area contributed by atoms with Crippen molar-refractivity contribution in [3.63, 3.8) is 0 Å². The van der Waals surface area contributed by atoms with Crippen molar-refractivity contribution in [1.82, 2.24) is 4.72 Å². The van der Waals surface area contributed by atoms with Gasteiger partial charge in [-0.3, -0.25) is 4.79 Å². The first-order valence-electron chi connectivity index (χ1n) is 10.2. The fourth-order valence-electron chi connectivity index (χ4n) is 4.04. The molecule has 1 saturated heterocycles. The minimum atomic E-state index is -3.79. The second kappa shape index (κ2) is 8.68. The van der Waals surface area contributed by atoms with Crippen LogP contribution in [0.3, 0.4) is 0 Å². The Hall–Kier alpha value is -2.30. The standard InChI is InChI=1S/C22H26N2O6S/c1-14-6-8-16(9-7-14)31(28,29)23-13-19-22(27)21(26)18(30-19)12-20(25)24-11-10-15-4-2-3-5-17(15)24/h2-9,18-19,21-23,26-27H,10-13H2,1H3/t18-,19-,21-,22+/m0/s1. The van der Waals surface area contributed by atoms with E-state index in [-0.39, 0.29) is 23.8 Å². The molecule has 0 aliphatic carbocycles. The first-order chi connectivity index (χ1) is 14.8. The van der Waals surface area contributed by atoms with E-state index in [1.54, 1.807) is 17.0 Å². The highest BCUT2D eigenvalue weighted by Gasteiger charge is 2.44. The van der Waals surface area contributed by atoms with Gasteiger partial charge in [0.2, 0.25) is 15.9 Å². The fourth-order valence-corrected chi connectivity index (χ4v) is 5.08. The number of amides is 1. The summed E-state index contributed by atoms with van der Waals surface area (Å²) in [7, 11) is -3.79. The summed E-state index contributed by atoms with van der Waals surface area (Å²) in [4.78, 5) is 14.6. The normalized spacial score (nSPS) is 25.6. The van der Waals surface area contributed by atoms with Gasteiger partial charge in [-0.2, -0.15) is 0 Å². The van der Waals surface area contributed by atoms with Crippen molar-refractivity contribution in [2.75, 3.05) is 18.0 Å². The van der Waals surface area contributed by atoms with E-state index in [0.29, 0.717) is 6.54 Å². The summed E-state index contributed by atoms with van der Waals surface area (Å²) in [5.41, 5.74) is 2.87. The number of ether oxygens (including phenoxy) is 1. The van der Waals surface area contributed by atoms with Gasteiger partial charge >= 0.3 is 0 Å². The van der Waals surface area contributed by atoms with Gasteiger partial charge in [-0.15, -0.1) is 0 Å². The monoisotopic (exact) mass is 446 g/mol. The van der Waals surface area contributed by atoms with E-state index in [9.17, 15) is 23.4 Å². The van der Waals surface area contributed by atoms with Crippen molar-refractivity contribution in [3.8, 4) is 0 Å². The molecule has 2 aromatic rings. The summed E-state index contributed by atoms with van der Waals surface area (Å²) in [5, 5.41) is 20.7. The lowest BCUT2D eigenvalue weighted by atomic mass is 10.1. The third-order valence-corrected chi connectivity index (χ3v) is 7.27. The van der Waals surface area contributed by atoms with Crippen molar-refractivity contribution < 1.29 is 28.2 Å². The number of anilines is 1. The second-order valence-corrected chi connectivity index (χ2v) is 9.75. The number of hydrogen-bond donors (Lipinski definition) is 3. The molecule has 2 aliphatic heterocycles. The molecular weight excluding hydrogens is 420 g/mol. The highest BCUT2D eigenvalue weighted by molar-refractivity contribution is 7.89. The summed E-state index contributed by atoms with van der Waals surface area (Å²) < 4.78 is 33.0. The van der Waals surface area contributed by atoms with E-state index in [1.807, 2.05) is 31.2 Å². The van der Waals surface area contributed by atoms with Gasteiger partial charge < -0.3 is 19.8 Å². The van der Waals surface area contributed by atoms with Crippen molar-refractivity contribution in [1.29, 1.82) is 0 Å². The Labute approximate surface area is 181 Å². The molecule has 0 saturated carbocycles. The zero-order chi connectivity index (χ0) is 22.2. The number of carbonyl (C=O) groups is 1. The zero-order valence-electron chi connectivity index (χ0n) is 17.1. The molecule has 4 rings (SSSR count). The van der Waals surface area contributed by atoms with Crippen LogP contribution in [0.5, 0.6) is 0 Å². The summed E-state index contributed by atoms with van der Waals surface area (Å²) in [6, 6.07) is 14.0. The Morgan fingerprint density at radius 3 is 2.52 bits per heavy atom. The smallest absolute Gasteiger partial charge is 0.240 e. The topological polar surface area (TPSA) is 116 Å². The number of hydrogen-bond acceptors (Lipinski definition) is 6. The molecule has 9 heteroatoms. The molecule has 0 radical (unpaired) electrons. The van der Waals surface area contributed by atoms with E-state index < -0.39 is 34.4 Å². The summed E-state index contributed by atoms with van der Waals surface area (Å²) in [6.07, 6.45) is -3.79. The van der Waals surface area contributed by atoms with Gasteiger partial charge in [0.1, 0.15) is 18.3 Å². The van der Waals surface area contributed by atoms with Crippen LogP contribution in [0.15, 0.2) is 53.4 Å². The van der Waals surface area contributed by atoms with Gasteiger partial charge in [-0.05, 0) is 37.1 Å². The van der Waals surface area contributed by atoms with Gasteiger partial charge in [-0.25, -0.2) is 13.1 Å². The Balaban J connectivity index is 1.37. The van der Waals surface area contributed by atoms with Gasteiger partial charge in [0.15, 0.2) is 0 Å². The molecule has 2 aliphatic rings. The van der Waals surface area contributed by atoms with E-state index in [1.165, 1.54) is 12.1 Å². The maximum Gasteiger partial charge on any atom is 0.240 e. The third-order valence-electron chi connectivity index (χ3n) is 5.83. The lowest BCUT2D eigenvalue weighted by molar-refractivity contribution is -0.122. The molecule has 0 unspecified atom stereocenters. The van der Waals surface area contributed by atoms with Crippen LogP contribution < -0.4 is 9.62 Å². The van der Waals surface area contributed by atoms with E-state index in [4.69, 9.17) is 4.74 Å². The van der Waals surface area contributed by atoms with Crippen molar-refractivity contribution in [2.45, 2.75) is 49.1 Å². The van der Waals surface area contributed by atoms with Crippen LogP contribution in [-0.4, -0.2) is 62.0 Å². The van der Waals surface area contributed by atoms with Gasteiger partial charge in [-0.1, -0.05) is 35.9 Å². The lowest BCUT2D eigenvalue weighted by Crippen LogP contribution is -2.40. The van der Waals surface area contributed by atoms with Crippen molar-refractivity contribution in [3.05, 3.63) is 59.7 Å². The third kappa shape index (κ3) is 4.51.